The lowest BCUT2D eigenvalue weighted by Crippen LogP contribution is -2.45. The maximum atomic E-state index is 12.7. The van der Waals surface area contributed by atoms with Gasteiger partial charge >= 0.3 is 0 Å². The highest BCUT2D eigenvalue weighted by molar-refractivity contribution is 6.29. The smallest absolute Gasteiger partial charge is 0.245 e. The number of hydrogen-bond donors (Lipinski definition) is 9. The van der Waals surface area contributed by atoms with Crippen LogP contribution in [-0.2, 0) is 44.8 Å². The number of nitrogens with zero attached hydrogens (tertiary/aromatic N) is 9. The molecule has 0 spiro atoms. The fraction of sp³-hybridized carbons (Fsp3) is 0.554. The van der Waals surface area contributed by atoms with E-state index in [1.165, 1.54) is 26.2 Å². The zero-order chi connectivity index (χ0) is 97.0. The molecular weight excluding hydrogens is 1630 g/mol. The highest BCUT2D eigenvalue weighted by Crippen LogP contribution is 2.48. The van der Waals surface area contributed by atoms with Gasteiger partial charge in [-0.2, -0.15) is 0 Å². The molecule has 0 aliphatic heterocycles. The molecule has 20 nitrogen and oxygen atoms in total. The standard InChI is InChI=1S/C18H24N2O3.C17H22N2O.C15H17ClN2O.C13H21NO.2C12H17F2NO2.C10H22O.2C2H6/c1-17(2,3)18(21,14-8-5-6-11-19-14)15-9-7-10-16(20-15)23-13-12-22-4;1-5-13-9-8-11-15(19-13)17(20,16(2,3)4)14-10-6-7-12-18-14;1-14(2,3)15(19,11-7-4-5-10-17-11)12-8-6-9-13(16)18-12;1-10(2)13(15,12(3,4)5)11-8-6-7-9-14-11;2*1-11(13,14)7-6-10(16)12(2,17)9-5-3-4-8-15-9;1-7(2)10(11,8(3)4)9(5)6;2*1-2/h5-11,21H,12-13H2,1-4H3;6-12,20H,5H2,1-4H3;4-10,19H,1-3H3;6-10,15H,1-5H3;2*3-5,8,10,16-17H,6-7H2,1-2H3;7-9,11H,1-6H3;2*1-2H3/t;;;;10-,12+;10-,12-;;;/m....10.../s1. The summed E-state index contributed by atoms with van der Waals surface area (Å²) in [4.78, 5) is 38.5. The Hall–Kier alpha value is -8.24. The van der Waals surface area contributed by atoms with Gasteiger partial charge in [0, 0.05) is 85.1 Å². The number of aliphatic hydroxyl groups excluding tert-OH is 2. The van der Waals surface area contributed by atoms with Gasteiger partial charge in [0.05, 0.1) is 75.7 Å². The molecule has 9 aromatic rings. The lowest BCUT2D eigenvalue weighted by molar-refractivity contribution is -0.105. The summed E-state index contributed by atoms with van der Waals surface area (Å²) in [6, 6.07) is 48.4. The number of methoxy groups -OCH3 is 1. The average Bonchev–Trinajstić information content (AvgIpc) is 0.827. The van der Waals surface area contributed by atoms with Crippen molar-refractivity contribution in [2.24, 2.45) is 45.3 Å². The lowest BCUT2D eigenvalue weighted by atomic mass is 9.68. The van der Waals surface area contributed by atoms with E-state index in [9.17, 15) is 63.5 Å². The van der Waals surface area contributed by atoms with Crippen molar-refractivity contribution in [3.8, 4) is 5.88 Å². The molecule has 9 rings (SSSR count). The van der Waals surface area contributed by atoms with E-state index in [2.05, 4.69) is 93.3 Å². The molecule has 25 heteroatoms. The van der Waals surface area contributed by atoms with Crippen molar-refractivity contribution in [1.82, 2.24) is 44.9 Å². The molecule has 126 heavy (non-hydrogen) atoms. The summed E-state index contributed by atoms with van der Waals surface area (Å²) >= 11 is 5.95. The van der Waals surface area contributed by atoms with E-state index in [-0.39, 0.29) is 35.6 Å². The minimum Gasteiger partial charge on any atom is -0.475 e. The third kappa shape index (κ3) is 33.1. The van der Waals surface area contributed by atoms with Crippen molar-refractivity contribution in [3.63, 3.8) is 0 Å². The second-order valence-electron chi connectivity index (χ2n) is 36.7. The van der Waals surface area contributed by atoms with Crippen molar-refractivity contribution in [3.05, 3.63) is 263 Å². The zero-order valence-corrected chi connectivity index (χ0v) is 81.5. The van der Waals surface area contributed by atoms with E-state index in [0.717, 1.165) is 31.7 Å². The van der Waals surface area contributed by atoms with Crippen LogP contribution < -0.4 is 4.74 Å². The predicted molar refractivity (Wildman–Crippen MR) is 498 cm³/mol. The fourth-order valence-corrected chi connectivity index (χ4v) is 14.1. The molecule has 0 saturated carbocycles. The number of aryl methyl sites for hydroxylation is 1. The van der Waals surface area contributed by atoms with E-state index in [0.29, 0.717) is 76.2 Å². The Kier molecular flexibility index (Phi) is 47.1. The lowest BCUT2D eigenvalue weighted by Gasteiger charge is -2.43. The van der Waals surface area contributed by atoms with Gasteiger partial charge in [-0.05, 0) is 179 Å². The Morgan fingerprint density at radius 1 is 0.341 bits per heavy atom. The molecule has 9 N–H and O–H groups in total. The van der Waals surface area contributed by atoms with E-state index in [4.69, 9.17) is 21.1 Å². The van der Waals surface area contributed by atoms with Crippen LogP contribution in [0.4, 0.5) is 17.6 Å². The molecule has 4 unspecified atom stereocenters. The van der Waals surface area contributed by atoms with Gasteiger partial charge in [0.25, 0.3) is 0 Å². The normalized spacial score (nSPS) is 15.2. The van der Waals surface area contributed by atoms with Gasteiger partial charge in [0.15, 0.2) is 16.8 Å². The average molecular weight is 1780 g/mol. The first-order valence-corrected chi connectivity index (χ1v) is 44.0. The second-order valence-corrected chi connectivity index (χ2v) is 37.0. The number of hydrogen-bond acceptors (Lipinski definition) is 20. The monoisotopic (exact) mass is 1780 g/mol. The summed E-state index contributed by atoms with van der Waals surface area (Å²) in [7, 11) is 1.62. The first-order valence-electron chi connectivity index (χ1n) is 43.6. The van der Waals surface area contributed by atoms with Crippen LogP contribution in [0.2, 0.25) is 5.15 Å². The molecule has 0 amide bonds. The maximum Gasteiger partial charge on any atom is 0.245 e. The van der Waals surface area contributed by atoms with Gasteiger partial charge in [0.2, 0.25) is 17.7 Å². The summed E-state index contributed by atoms with van der Waals surface area (Å²) in [5.41, 5.74) is -4.35. The van der Waals surface area contributed by atoms with Gasteiger partial charge in [-0.25, -0.2) is 27.5 Å². The van der Waals surface area contributed by atoms with Gasteiger partial charge < -0.3 is 55.4 Å². The molecule has 0 saturated heterocycles. The van der Waals surface area contributed by atoms with Crippen LogP contribution >= 0.6 is 11.6 Å². The van der Waals surface area contributed by atoms with E-state index < -0.39 is 92.3 Å². The highest BCUT2D eigenvalue weighted by atomic mass is 35.5. The van der Waals surface area contributed by atoms with Gasteiger partial charge in [-0.1, -0.05) is 239 Å². The Balaban J connectivity index is 0.000000736. The van der Waals surface area contributed by atoms with E-state index in [1.807, 2.05) is 216 Å². The number of pyridine rings is 9. The number of halogens is 5. The van der Waals surface area contributed by atoms with Crippen molar-refractivity contribution < 1.29 is 73.0 Å². The zero-order valence-electron chi connectivity index (χ0n) is 80.7. The number of alkyl halides is 4. The summed E-state index contributed by atoms with van der Waals surface area (Å²) in [6.07, 6.45) is 6.69. The molecular formula is C101H152ClF4N9O11. The number of ether oxygens (including phenoxy) is 2. The van der Waals surface area contributed by atoms with Crippen LogP contribution in [0.3, 0.4) is 0 Å². The maximum absolute atomic E-state index is 12.7. The number of aromatic nitrogens is 9. The van der Waals surface area contributed by atoms with Crippen molar-refractivity contribution in [2.75, 3.05) is 20.3 Å². The van der Waals surface area contributed by atoms with Crippen LogP contribution in [0.5, 0.6) is 5.88 Å². The van der Waals surface area contributed by atoms with Crippen LogP contribution in [0, 0.1) is 45.3 Å². The minimum absolute atomic E-state index is 0.132. The van der Waals surface area contributed by atoms with E-state index in [1.54, 1.807) is 105 Å². The molecule has 0 aliphatic rings. The fourth-order valence-electron chi connectivity index (χ4n) is 14.0. The predicted octanol–water partition coefficient (Wildman–Crippen LogP) is 21.4. The van der Waals surface area contributed by atoms with Crippen LogP contribution in [-0.4, -0.2) is 141 Å². The molecule has 702 valence electrons. The van der Waals surface area contributed by atoms with E-state index >= 15 is 0 Å². The quantitative estimate of drug-likeness (QED) is 0.0138. The molecule has 8 atom stereocenters. The third-order valence-corrected chi connectivity index (χ3v) is 22.0. The SMILES string of the molecule is CC.CC.CC(C)(C)C(O)(c1ccccn1)c1cccc(Cl)n1.CC(C)C(O)(C(C)C)C(C)C.CC(C)C(O)(c1ccccn1)C(C)(C)C.CC(F)(F)CC[C@@H](O)[C@@](C)(O)c1ccccn1.CC(F)(F)CC[C@H](O)[C@@](C)(O)c1ccccn1.CCc1cccc(C(O)(c2ccccn2)C(C)(C)C)n1.COCCOc1cccc(C(O)(c2ccccn2)C(C)(C)C)n1. The van der Waals surface area contributed by atoms with Crippen LogP contribution in [0.25, 0.3) is 0 Å². The Morgan fingerprint density at radius 2 is 0.627 bits per heavy atom. The summed E-state index contributed by atoms with van der Waals surface area (Å²) in [5.74, 6) is -4.10. The molecule has 0 radical (unpaired) electrons. The molecule has 0 aromatic carbocycles. The van der Waals surface area contributed by atoms with Crippen molar-refractivity contribution in [1.29, 1.82) is 0 Å². The summed E-state index contributed by atoms with van der Waals surface area (Å²) in [6.45, 7) is 55.7. The second kappa shape index (κ2) is 51.2. The molecule has 9 aromatic heterocycles. The molecule has 0 bridgehead atoms. The Bertz CT molecular complexity index is 4350. The first kappa shape index (κ1) is 116. The molecule has 9 heterocycles. The van der Waals surface area contributed by atoms with Crippen LogP contribution in [0.1, 0.15) is 283 Å². The highest BCUT2D eigenvalue weighted by Gasteiger charge is 2.50. The largest absolute Gasteiger partial charge is 0.475 e. The van der Waals surface area contributed by atoms with Gasteiger partial charge in [-0.15, -0.1) is 0 Å². The summed E-state index contributed by atoms with van der Waals surface area (Å²) in [5, 5.41) is 95.3. The minimum atomic E-state index is -2.85. The molecule has 0 fully saturated rings. The summed E-state index contributed by atoms with van der Waals surface area (Å²) < 4.78 is 61.2. The topological polar surface area (TPSA) is 317 Å². The number of aliphatic hydroxyl groups is 9. The Labute approximate surface area is 756 Å². The third-order valence-electron chi connectivity index (χ3n) is 21.8. The van der Waals surface area contributed by atoms with Crippen LogP contribution in [0.15, 0.2) is 201 Å². The van der Waals surface area contributed by atoms with Gasteiger partial charge in [-0.3, -0.25) is 34.9 Å². The van der Waals surface area contributed by atoms with Crippen molar-refractivity contribution in [2.45, 2.75) is 296 Å². The number of rotatable bonds is 26. The van der Waals surface area contributed by atoms with Gasteiger partial charge in [0.1, 0.15) is 28.6 Å². The molecule has 0 aliphatic carbocycles. The van der Waals surface area contributed by atoms with Crippen molar-refractivity contribution >= 4 is 11.6 Å². The Morgan fingerprint density at radius 3 is 0.881 bits per heavy atom. The first-order chi connectivity index (χ1) is 58.2.